The molecule has 23 heavy (non-hydrogen) atoms. The Morgan fingerprint density at radius 3 is 1.09 bits per heavy atom. The van der Waals surface area contributed by atoms with E-state index < -0.39 is 0 Å². The monoisotopic (exact) mass is 326 g/mol. The van der Waals surface area contributed by atoms with Crippen LogP contribution < -0.4 is 0 Å². The summed E-state index contributed by atoms with van der Waals surface area (Å²) in [7, 11) is 4.80. The van der Waals surface area contributed by atoms with Gasteiger partial charge in [-0.25, -0.2) is 0 Å². The molecule has 0 aliphatic carbocycles. The van der Waals surface area contributed by atoms with Crippen LogP contribution in [0, 0.1) is 0 Å². The zero-order valence-corrected chi connectivity index (χ0v) is 17.2. The van der Waals surface area contributed by atoms with Crippen molar-refractivity contribution in [1.82, 2.24) is 0 Å². The lowest BCUT2D eigenvalue weighted by molar-refractivity contribution is -0.890. The van der Waals surface area contributed by atoms with Crippen molar-refractivity contribution >= 4 is 0 Å². The van der Waals surface area contributed by atoms with Crippen molar-refractivity contribution in [2.75, 3.05) is 27.2 Å². The summed E-state index contributed by atoms with van der Waals surface area (Å²) in [5.74, 6) is 0. The van der Waals surface area contributed by atoms with Crippen molar-refractivity contribution in [2.45, 2.75) is 117 Å². The van der Waals surface area contributed by atoms with Crippen LogP contribution in [0.3, 0.4) is 0 Å². The minimum atomic E-state index is 1.23. The number of rotatable bonds is 18. The van der Waals surface area contributed by atoms with E-state index in [9.17, 15) is 0 Å². The third kappa shape index (κ3) is 18.1. The Morgan fingerprint density at radius 2 is 0.696 bits per heavy atom. The molecule has 0 radical (unpaired) electrons. The maximum absolute atomic E-state index is 2.40. The van der Waals surface area contributed by atoms with Gasteiger partial charge in [0.15, 0.2) is 0 Å². The second kappa shape index (κ2) is 16.8. The maximum Gasteiger partial charge on any atom is 0.0782 e. The summed E-state index contributed by atoms with van der Waals surface area (Å²) < 4.78 is 1.23. The van der Waals surface area contributed by atoms with Crippen LogP contribution in [-0.2, 0) is 0 Å². The van der Waals surface area contributed by atoms with E-state index in [4.69, 9.17) is 0 Å². The smallest absolute Gasteiger partial charge is 0.0782 e. The topological polar surface area (TPSA) is 0 Å². The fourth-order valence-corrected chi connectivity index (χ4v) is 3.43. The van der Waals surface area contributed by atoms with E-state index in [1.54, 1.807) is 0 Å². The van der Waals surface area contributed by atoms with E-state index in [-0.39, 0.29) is 0 Å². The Morgan fingerprint density at radius 1 is 0.391 bits per heavy atom. The first-order valence-corrected chi connectivity index (χ1v) is 10.9. The van der Waals surface area contributed by atoms with Crippen LogP contribution in [-0.4, -0.2) is 31.7 Å². The standard InChI is InChI=1S/C22H48N/c1-5-7-9-10-11-12-13-14-15-16-17-18-19-20-22-23(3,4)21-8-6-2/h5-22H2,1-4H3/q+1. The van der Waals surface area contributed by atoms with Crippen LogP contribution in [0.1, 0.15) is 117 Å². The van der Waals surface area contributed by atoms with Crippen LogP contribution in [0.5, 0.6) is 0 Å². The summed E-state index contributed by atoms with van der Waals surface area (Å²) in [6.45, 7) is 7.33. The second-order valence-corrected chi connectivity index (χ2v) is 8.33. The molecule has 0 aliphatic rings. The minimum absolute atomic E-state index is 1.23. The van der Waals surface area contributed by atoms with Crippen LogP contribution in [0.2, 0.25) is 0 Å². The van der Waals surface area contributed by atoms with Crippen molar-refractivity contribution in [2.24, 2.45) is 0 Å². The second-order valence-electron chi connectivity index (χ2n) is 8.33. The van der Waals surface area contributed by atoms with Gasteiger partial charge in [0.2, 0.25) is 0 Å². The molecule has 0 aromatic rings. The predicted octanol–water partition coefficient (Wildman–Crippen LogP) is 7.34. The molecule has 0 aromatic carbocycles. The van der Waals surface area contributed by atoms with Crippen molar-refractivity contribution in [3.8, 4) is 0 Å². The third-order valence-electron chi connectivity index (χ3n) is 5.23. The quantitative estimate of drug-likeness (QED) is 0.182. The van der Waals surface area contributed by atoms with E-state index in [2.05, 4.69) is 27.9 Å². The molecule has 0 aromatic heterocycles. The maximum atomic E-state index is 2.40. The van der Waals surface area contributed by atoms with Gasteiger partial charge >= 0.3 is 0 Å². The predicted molar refractivity (Wildman–Crippen MR) is 107 cm³/mol. The zero-order chi connectivity index (χ0) is 17.2. The van der Waals surface area contributed by atoms with Gasteiger partial charge in [0.1, 0.15) is 0 Å². The summed E-state index contributed by atoms with van der Waals surface area (Å²) in [6.07, 6.45) is 23.1. The van der Waals surface area contributed by atoms with Crippen LogP contribution in [0.4, 0.5) is 0 Å². The van der Waals surface area contributed by atoms with Crippen LogP contribution >= 0.6 is 0 Å². The fourth-order valence-electron chi connectivity index (χ4n) is 3.43. The largest absolute Gasteiger partial charge is 0.328 e. The summed E-state index contributed by atoms with van der Waals surface area (Å²) in [4.78, 5) is 0. The summed E-state index contributed by atoms with van der Waals surface area (Å²) >= 11 is 0. The van der Waals surface area contributed by atoms with Crippen molar-refractivity contribution in [3.63, 3.8) is 0 Å². The summed E-state index contributed by atoms with van der Waals surface area (Å²) in [6, 6.07) is 0. The molecule has 0 saturated heterocycles. The summed E-state index contributed by atoms with van der Waals surface area (Å²) in [5.41, 5.74) is 0. The van der Waals surface area contributed by atoms with Gasteiger partial charge < -0.3 is 4.48 Å². The highest BCUT2D eigenvalue weighted by Crippen LogP contribution is 2.13. The van der Waals surface area contributed by atoms with Crippen molar-refractivity contribution in [1.29, 1.82) is 0 Å². The molecule has 0 aliphatic heterocycles. The molecular formula is C22H48N+. The van der Waals surface area contributed by atoms with E-state index in [0.29, 0.717) is 0 Å². The highest BCUT2D eigenvalue weighted by Gasteiger charge is 2.12. The van der Waals surface area contributed by atoms with Gasteiger partial charge in [-0.2, -0.15) is 0 Å². The number of quaternary nitrogens is 1. The Bertz CT molecular complexity index is 222. The Labute approximate surface area is 148 Å². The van der Waals surface area contributed by atoms with Crippen molar-refractivity contribution in [3.05, 3.63) is 0 Å². The lowest BCUT2D eigenvalue weighted by Crippen LogP contribution is -2.41. The average Bonchev–Trinajstić information content (AvgIpc) is 2.53. The molecule has 0 spiro atoms. The third-order valence-corrected chi connectivity index (χ3v) is 5.23. The van der Waals surface area contributed by atoms with E-state index in [1.165, 1.54) is 120 Å². The molecule has 0 unspecified atom stereocenters. The van der Waals surface area contributed by atoms with E-state index >= 15 is 0 Å². The number of unbranched alkanes of at least 4 members (excludes halogenated alkanes) is 14. The Balaban J connectivity index is 3.16. The van der Waals surface area contributed by atoms with Gasteiger partial charge in [-0.15, -0.1) is 0 Å². The Kier molecular flexibility index (Phi) is 16.8. The molecule has 1 heteroatoms. The zero-order valence-electron chi connectivity index (χ0n) is 17.2. The minimum Gasteiger partial charge on any atom is -0.328 e. The van der Waals surface area contributed by atoms with Gasteiger partial charge in [0, 0.05) is 0 Å². The van der Waals surface area contributed by atoms with E-state index in [0.717, 1.165) is 0 Å². The van der Waals surface area contributed by atoms with Gasteiger partial charge in [-0.3, -0.25) is 0 Å². The number of nitrogens with zero attached hydrogens (tertiary/aromatic N) is 1. The first-order chi connectivity index (χ1) is 11.1. The van der Waals surface area contributed by atoms with Gasteiger partial charge in [-0.1, -0.05) is 97.3 Å². The van der Waals surface area contributed by atoms with Crippen molar-refractivity contribution < 1.29 is 4.48 Å². The normalized spacial score (nSPS) is 12.0. The number of hydrogen-bond donors (Lipinski definition) is 0. The molecule has 0 bridgehead atoms. The van der Waals surface area contributed by atoms with Gasteiger partial charge in [-0.05, 0) is 19.3 Å². The van der Waals surface area contributed by atoms with E-state index in [1.807, 2.05) is 0 Å². The summed E-state index contributed by atoms with van der Waals surface area (Å²) in [5, 5.41) is 0. The molecule has 0 N–H and O–H groups in total. The highest BCUT2D eigenvalue weighted by molar-refractivity contribution is 4.49. The van der Waals surface area contributed by atoms with Crippen LogP contribution in [0.25, 0.3) is 0 Å². The Hall–Kier alpha value is -0.0400. The molecule has 0 atom stereocenters. The van der Waals surface area contributed by atoms with Gasteiger partial charge in [0.25, 0.3) is 0 Å². The van der Waals surface area contributed by atoms with Gasteiger partial charge in [0.05, 0.1) is 27.2 Å². The first kappa shape index (κ1) is 23.0. The molecule has 1 nitrogen and oxygen atoms in total. The fraction of sp³-hybridized carbons (Fsp3) is 1.00. The lowest BCUT2D eigenvalue weighted by Gasteiger charge is -2.29. The SMILES string of the molecule is CCCCCCCCCCCCCCCC[N+](C)(C)CCCC. The molecule has 0 heterocycles. The molecule has 0 fully saturated rings. The lowest BCUT2D eigenvalue weighted by atomic mass is 10.0. The van der Waals surface area contributed by atoms with Crippen LogP contribution in [0.15, 0.2) is 0 Å². The molecule has 0 rings (SSSR count). The highest BCUT2D eigenvalue weighted by atomic mass is 15.3. The first-order valence-electron chi connectivity index (χ1n) is 10.9. The number of hydrogen-bond acceptors (Lipinski definition) is 0. The molecule has 0 amide bonds. The molecule has 0 saturated carbocycles. The molecular weight excluding hydrogens is 278 g/mol. The molecule has 140 valence electrons. The average molecular weight is 327 g/mol.